The highest BCUT2D eigenvalue weighted by molar-refractivity contribution is 5.48. The zero-order valence-corrected chi connectivity index (χ0v) is 7.50. The SMILES string of the molecule is CC1=CC2(F)C=CC1(F)C(F)(F)C2(F)F. The molecule has 0 spiro atoms. The van der Waals surface area contributed by atoms with Gasteiger partial charge in [0.25, 0.3) is 0 Å². The summed E-state index contributed by atoms with van der Waals surface area (Å²) in [5, 5.41) is 0. The maximum atomic E-state index is 13.6. The molecular weight excluding hydrogens is 222 g/mol. The Labute approximate surface area is 81.3 Å². The molecule has 0 aromatic carbocycles. The number of rotatable bonds is 0. The molecule has 2 atom stereocenters. The Morgan fingerprint density at radius 1 is 0.867 bits per heavy atom. The Hall–Kier alpha value is -0.940. The lowest BCUT2D eigenvalue weighted by Gasteiger charge is -2.48. The summed E-state index contributed by atoms with van der Waals surface area (Å²) in [5.74, 6) is -10.1. The first kappa shape index (κ1) is 10.6. The van der Waals surface area contributed by atoms with Gasteiger partial charge in [-0.15, -0.1) is 0 Å². The van der Waals surface area contributed by atoms with Gasteiger partial charge in [-0.1, -0.05) is 0 Å². The molecular formula is C9H6F6. The van der Waals surface area contributed by atoms with Gasteiger partial charge in [0.2, 0.25) is 11.3 Å². The van der Waals surface area contributed by atoms with Gasteiger partial charge in [0.1, 0.15) is 0 Å². The number of allylic oxidation sites excluding steroid dienone is 4. The summed E-state index contributed by atoms with van der Waals surface area (Å²) in [5.41, 5.74) is -7.93. The van der Waals surface area contributed by atoms with E-state index in [1.54, 1.807) is 0 Å². The van der Waals surface area contributed by atoms with Crippen molar-refractivity contribution < 1.29 is 26.3 Å². The van der Waals surface area contributed by atoms with E-state index in [-0.39, 0.29) is 18.2 Å². The van der Waals surface area contributed by atoms with Crippen LogP contribution in [-0.2, 0) is 0 Å². The largest absolute Gasteiger partial charge is 0.354 e. The lowest BCUT2D eigenvalue weighted by Crippen LogP contribution is -2.69. The molecule has 0 N–H and O–H groups in total. The highest BCUT2D eigenvalue weighted by atomic mass is 19.3. The molecule has 0 aliphatic heterocycles. The summed E-state index contributed by atoms with van der Waals surface area (Å²) in [4.78, 5) is 0. The van der Waals surface area contributed by atoms with Gasteiger partial charge in [0, 0.05) is 0 Å². The Morgan fingerprint density at radius 2 is 1.40 bits per heavy atom. The van der Waals surface area contributed by atoms with E-state index < -0.39 is 28.8 Å². The van der Waals surface area contributed by atoms with Crippen LogP contribution in [0.3, 0.4) is 0 Å². The summed E-state index contributed by atoms with van der Waals surface area (Å²) in [7, 11) is 0. The van der Waals surface area contributed by atoms with Crippen molar-refractivity contribution in [3.63, 3.8) is 0 Å². The number of fused-ring (bicyclic) bond motifs is 1. The van der Waals surface area contributed by atoms with Gasteiger partial charge in [-0.3, -0.25) is 0 Å². The molecule has 0 aromatic rings. The standard InChI is InChI=1S/C9H6F6/c1-5-4-6(10)2-3-7(5,11)9(14,15)8(6,12)13/h2-4H,1H3. The molecule has 3 aliphatic rings. The highest BCUT2D eigenvalue weighted by Crippen LogP contribution is 2.61. The lowest BCUT2D eigenvalue weighted by atomic mass is 9.68. The van der Waals surface area contributed by atoms with E-state index in [0.29, 0.717) is 0 Å². The second-order valence-electron chi connectivity index (χ2n) is 3.79. The zero-order chi connectivity index (χ0) is 11.7. The van der Waals surface area contributed by atoms with Crippen LogP contribution in [0.15, 0.2) is 23.8 Å². The van der Waals surface area contributed by atoms with Crippen molar-refractivity contribution in [1.82, 2.24) is 0 Å². The smallest absolute Gasteiger partial charge is 0.228 e. The van der Waals surface area contributed by atoms with E-state index in [4.69, 9.17) is 0 Å². The number of halogens is 6. The predicted octanol–water partition coefficient (Wildman–Crippen LogP) is 3.20. The van der Waals surface area contributed by atoms with Gasteiger partial charge in [-0.05, 0) is 30.7 Å². The third kappa shape index (κ3) is 0.823. The molecule has 2 unspecified atom stereocenters. The van der Waals surface area contributed by atoms with Crippen LogP contribution in [0.1, 0.15) is 6.92 Å². The topological polar surface area (TPSA) is 0 Å². The Kier molecular flexibility index (Phi) is 1.59. The highest BCUT2D eigenvalue weighted by Gasteiger charge is 2.81. The van der Waals surface area contributed by atoms with Crippen LogP contribution in [0.5, 0.6) is 0 Å². The molecule has 2 bridgehead atoms. The van der Waals surface area contributed by atoms with Crippen LogP contribution < -0.4 is 0 Å². The Bertz CT molecular complexity index is 382. The Morgan fingerprint density at radius 3 is 1.87 bits per heavy atom. The first-order valence-electron chi connectivity index (χ1n) is 4.12. The second-order valence-corrected chi connectivity index (χ2v) is 3.79. The lowest BCUT2D eigenvalue weighted by molar-refractivity contribution is -0.296. The van der Waals surface area contributed by atoms with Crippen LogP contribution in [0.4, 0.5) is 26.3 Å². The van der Waals surface area contributed by atoms with Gasteiger partial charge in [-0.2, -0.15) is 17.6 Å². The van der Waals surface area contributed by atoms with Crippen molar-refractivity contribution in [2.24, 2.45) is 0 Å². The molecule has 6 heteroatoms. The molecule has 3 rings (SSSR count). The molecule has 0 saturated carbocycles. The monoisotopic (exact) mass is 228 g/mol. The van der Waals surface area contributed by atoms with Crippen LogP contribution in [-0.4, -0.2) is 23.2 Å². The fraction of sp³-hybridized carbons (Fsp3) is 0.556. The van der Waals surface area contributed by atoms with Crippen LogP contribution in [0.2, 0.25) is 0 Å². The van der Waals surface area contributed by atoms with Crippen molar-refractivity contribution in [2.75, 3.05) is 0 Å². The summed E-state index contributed by atoms with van der Waals surface area (Å²) < 4.78 is 79.3. The molecule has 0 amide bonds. The molecule has 84 valence electrons. The second kappa shape index (κ2) is 2.25. The third-order valence-electron chi connectivity index (χ3n) is 2.89. The number of hydrogen-bond donors (Lipinski definition) is 0. The first-order valence-corrected chi connectivity index (χ1v) is 4.12. The quantitative estimate of drug-likeness (QED) is 0.441. The summed E-state index contributed by atoms with van der Waals surface area (Å²) >= 11 is 0. The third-order valence-corrected chi connectivity index (χ3v) is 2.89. The van der Waals surface area contributed by atoms with Gasteiger partial charge < -0.3 is 0 Å². The van der Waals surface area contributed by atoms with Gasteiger partial charge in [0.15, 0.2) is 0 Å². The average molecular weight is 228 g/mol. The van der Waals surface area contributed by atoms with E-state index >= 15 is 0 Å². The molecule has 3 aliphatic carbocycles. The molecule has 0 heterocycles. The Balaban J connectivity index is 2.76. The molecule has 0 fully saturated rings. The summed E-state index contributed by atoms with van der Waals surface area (Å²) in [6.07, 6.45) is 0.529. The normalized spacial score (nSPS) is 45.4. The number of alkyl halides is 6. The van der Waals surface area contributed by atoms with Crippen molar-refractivity contribution in [2.45, 2.75) is 30.1 Å². The van der Waals surface area contributed by atoms with Crippen molar-refractivity contribution in [3.8, 4) is 0 Å². The van der Waals surface area contributed by atoms with E-state index in [1.807, 2.05) is 0 Å². The maximum absolute atomic E-state index is 13.6. The minimum atomic E-state index is -5.07. The maximum Gasteiger partial charge on any atom is 0.354 e. The fourth-order valence-corrected chi connectivity index (χ4v) is 1.85. The average Bonchev–Trinajstić information content (AvgIpc) is 2.09. The van der Waals surface area contributed by atoms with E-state index in [0.717, 1.165) is 6.92 Å². The molecule has 0 nitrogen and oxygen atoms in total. The number of hydrogen-bond acceptors (Lipinski definition) is 0. The van der Waals surface area contributed by atoms with Crippen molar-refractivity contribution >= 4 is 0 Å². The predicted molar refractivity (Wildman–Crippen MR) is 40.5 cm³/mol. The fourth-order valence-electron chi connectivity index (χ4n) is 1.85. The zero-order valence-electron chi connectivity index (χ0n) is 7.50. The molecule has 0 radical (unpaired) electrons. The van der Waals surface area contributed by atoms with Crippen LogP contribution >= 0.6 is 0 Å². The molecule has 0 aromatic heterocycles. The van der Waals surface area contributed by atoms with Gasteiger partial charge in [-0.25, -0.2) is 8.78 Å². The first-order chi connectivity index (χ1) is 6.58. The summed E-state index contributed by atoms with van der Waals surface area (Å²) in [6, 6.07) is 0. The summed E-state index contributed by atoms with van der Waals surface area (Å²) in [6.45, 7) is 0.862. The van der Waals surface area contributed by atoms with E-state index in [1.165, 1.54) is 0 Å². The van der Waals surface area contributed by atoms with E-state index in [9.17, 15) is 26.3 Å². The van der Waals surface area contributed by atoms with Crippen LogP contribution in [0, 0.1) is 0 Å². The minimum Gasteiger partial charge on any atom is -0.228 e. The van der Waals surface area contributed by atoms with Crippen molar-refractivity contribution in [3.05, 3.63) is 23.8 Å². The van der Waals surface area contributed by atoms with Gasteiger partial charge in [0.05, 0.1) is 0 Å². The minimum absolute atomic E-state index is 0.150. The molecule has 15 heavy (non-hydrogen) atoms. The van der Waals surface area contributed by atoms with Gasteiger partial charge >= 0.3 is 11.8 Å². The van der Waals surface area contributed by atoms with E-state index in [2.05, 4.69) is 0 Å². The molecule has 0 saturated heterocycles. The van der Waals surface area contributed by atoms with Crippen LogP contribution in [0.25, 0.3) is 0 Å². The van der Waals surface area contributed by atoms with Crippen molar-refractivity contribution in [1.29, 1.82) is 0 Å².